The predicted molar refractivity (Wildman–Crippen MR) is 114 cm³/mol. The molecule has 2 unspecified atom stereocenters. The second-order valence-corrected chi connectivity index (χ2v) is 8.51. The van der Waals surface area contributed by atoms with Gasteiger partial charge in [-0.1, -0.05) is 18.6 Å². The monoisotopic (exact) mass is 477 g/mol. The number of hydrogen-bond acceptors (Lipinski definition) is 4. The van der Waals surface area contributed by atoms with Crippen LogP contribution in [0.4, 0.5) is 13.2 Å². The predicted octanol–water partition coefficient (Wildman–Crippen LogP) is 1.48. The summed E-state index contributed by atoms with van der Waals surface area (Å²) >= 11 is 0. The van der Waals surface area contributed by atoms with Gasteiger partial charge in [-0.2, -0.15) is 18.2 Å². The summed E-state index contributed by atoms with van der Waals surface area (Å²) in [6, 6.07) is 3.88. The van der Waals surface area contributed by atoms with Gasteiger partial charge >= 0.3 is 12.1 Å². The van der Waals surface area contributed by atoms with E-state index in [-0.39, 0.29) is 48.4 Å². The zero-order chi connectivity index (χ0) is 24.6. The van der Waals surface area contributed by atoms with Crippen LogP contribution in [0.1, 0.15) is 53.6 Å². The largest absolute Gasteiger partial charge is 0.473 e. The molecule has 4 amide bonds. The van der Waals surface area contributed by atoms with Crippen molar-refractivity contribution >= 4 is 35.2 Å². The number of hydrogen-bond donors (Lipinski definition) is 2. The molecule has 1 saturated carbocycles. The number of nitrogens with one attached hydrogen (secondary N) is 1. The normalized spacial score (nSPS) is 24.4. The van der Waals surface area contributed by atoms with Gasteiger partial charge in [0.15, 0.2) is 0 Å². The van der Waals surface area contributed by atoms with Crippen molar-refractivity contribution in [1.29, 1.82) is 0 Å². The fraction of sp³-hybridized carbons (Fsp3) is 0.455. The third-order valence-corrected chi connectivity index (χ3v) is 6.20. The van der Waals surface area contributed by atoms with Crippen LogP contribution < -0.4 is 11.1 Å². The minimum Gasteiger partial charge on any atom is -0.383 e. The van der Waals surface area contributed by atoms with Crippen molar-refractivity contribution in [2.24, 2.45) is 21.6 Å². The molecule has 12 heteroatoms. The second-order valence-electron chi connectivity index (χ2n) is 8.51. The van der Waals surface area contributed by atoms with Crippen molar-refractivity contribution in [3.05, 3.63) is 34.9 Å². The number of alkyl halides is 3. The van der Waals surface area contributed by atoms with Gasteiger partial charge in [-0.15, -0.1) is 0 Å². The maximum absolute atomic E-state index is 13.2. The molecule has 3 N–H and O–H groups in total. The van der Waals surface area contributed by atoms with Crippen molar-refractivity contribution in [1.82, 2.24) is 10.2 Å². The Morgan fingerprint density at radius 1 is 1.18 bits per heavy atom. The first-order valence-electron chi connectivity index (χ1n) is 10.8. The van der Waals surface area contributed by atoms with Crippen LogP contribution in [0.5, 0.6) is 0 Å². The number of amidine groups is 1. The quantitative estimate of drug-likeness (QED) is 0.502. The van der Waals surface area contributed by atoms with Crippen molar-refractivity contribution in [3.63, 3.8) is 0 Å². The number of rotatable bonds is 3. The highest BCUT2D eigenvalue weighted by atomic mass is 19.4. The molecule has 0 radical (unpaired) electrons. The van der Waals surface area contributed by atoms with Crippen LogP contribution in [0.25, 0.3) is 0 Å². The number of amides is 4. The number of halogens is 3. The van der Waals surface area contributed by atoms with E-state index < -0.39 is 29.9 Å². The minimum absolute atomic E-state index is 0.0256. The van der Waals surface area contributed by atoms with Gasteiger partial charge in [-0.3, -0.25) is 19.2 Å². The van der Waals surface area contributed by atoms with E-state index in [0.29, 0.717) is 24.1 Å². The summed E-state index contributed by atoms with van der Waals surface area (Å²) in [7, 11) is 0. The van der Waals surface area contributed by atoms with Crippen LogP contribution in [0.3, 0.4) is 0 Å². The highest BCUT2D eigenvalue weighted by molar-refractivity contribution is 6.09. The molecule has 3 aliphatic rings. The lowest BCUT2D eigenvalue weighted by Crippen LogP contribution is -2.43. The highest BCUT2D eigenvalue weighted by Crippen LogP contribution is 2.31. The number of aliphatic imine (C=N–C) groups is 2. The van der Waals surface area contributed by atoms with Gasteiger partial charge in [0.25, 0.3) is 11.8 Å². The van der Waals surface area contributed by atoms with E-state index in [1.807, 2.05) is 0 Å². The standard InChI is InChI=1S/C22H22F3N5O4/c23-22(24,25)21(34)29-18(26)11-5-6-12-10-30(20(33)14(12)7-11)16-4-2-1-3-15(16)28-19(32)13-8-17(31)27-9-13/h5-7,13,16H,1-4,8-10H2,(H,27,31)(H2,26,29,34). The zero-order valence-electron chi connectivity index (χ0n) is 18.0. The number of fused-ring (bicyclic) bond motifs is 1. The summed E-state index contributed by atoms with van der Waals surface area (Å²) in [6.45, 7) is 0.490. The van der Waals surface area contributed by atoms with Crippen LogP contribution >= 0.6 is 0 Å². The van der Waals surface area contributed by atoms with Gasteiger partial charge in [0.2, 0.25) is 5.91 Å². The molecule has 0 spiro atoms. The van der Waals surface area contributed by atoms with E-state index in [9.17, 15) is 32.3 Å². The molecule has 1 saturated heterocycles. The van der Waals surface area contributed by atoms with Gasteiger partial charge in [0.05, 0.1) is 12.0 Å². The Kier molecular flexibility index (Phi) is 6.24. The van der Waals surface area contributed by atoms with Crippen molar-refractivity contribution in [2.45, 2.75) is 50.9 Å². The third-order valence-electron chi connectivity index (χ3n) is 6.20. The Labute approximate surface area is 192 Å². The van der Waals surface area contributed by atoms with Crippen LogP contribution in [-0.4, -0.2) is 58.8 Å². The van der Waals surface area contributed by atoms with Crippen LogP contribution in [-0.2, 0) is 20.9 Å². The molecule has 34 heavy (non-hydrogen) atoms. The third kappa shape index (κ3) is 4.70. The fourth-order valence-electron chi connectivity index (χ4n) is 4.43. The average molecular weight is 477 g/mol. The molecule has 2 fully saturated rings. The SMILES string of the molecule is NC(=NC(=O)C(F)(F)F)c1ccc2c(c1)C(=O)N(C1CCCCC1=NC(=O)C1CNC(=O)C1)C2. The van der Waals surface area contributed by atoms with Crippen molar-refractivity contribution < 1.29 is 32.3 Å². The van der Waals surface area contributed by atoms with Crippen LogP contribution in [0, 0.1) is 5.92 Å². The second kappa shape index (κ2) is 8.99. The van der Waals surface area contributed by atoms with Crippen molar-refractivity contribution in [2.75, 3.05) is 6.54 Å². The highest BCUT2D eigenvalue weighted by Gasteiger charge is 2.40. The fourth-order valence-corrected chi connectivity index (χ4v) is 4.43. The van der Waals surface area contributed by atoms with Gasteiger partial charge in [-0.05, 0) is 30.9 Å². The number of carbonyl (C=O) groups excluding carboxylic acids is 4. The van der Waals surface area contributed by atoms with Gasteiger partial charge in [0.1, 0.15) is 5.84 Å². The summed E-state index contributed by atoms with van der Waals surface area (Å²) < 4.78 is 37.4. The Balaban J connectivity index is 1.55. The molecular formula is C22H22F3N5O4. The molecule has 9 nitrogen and oxygen atoms in total. The molecule has 2 aliphatic heterocycles. The molecule has 4 rings (SSSR count). The number of nitrogens with two attached hydrogens (primary N) is 1. The van der Waals surface area contributed by atoms with E-state index in [1.165, 1.54) is 12.1 Å². The maximum atomic E-state index is 13.2. The number of carbonyl (C=O) groups is 4. The summed E-state index contributed by atoms with van der Waals surface area (Å²) in [5, 5.41) is 2.61. The topological polar surface area (TPSA) is 134 Å². The number of nitrogens with zero attached hydrogens (tertiary/aromatic N) is 3. The van der Waals surface area contributed by atoms with Gasteiger partial charge in [0, 0.05) is 36.3 Å². The van der Waals surface area contributed by atoms with Gasteiger partial charge < -0.3 is 16.0 Å². The summed E-state index contributed by atoms with van der Waals surface area (Å²) in [4.78, 5) is 57.1. The molecule has 2 heterocycles. The smallest absolute Gasteiger partial charge is 0.383 e. The lowest BCUT2D eigenvalue weighted by atomic mass is 9.91. The summed E-state index contributed by atoms with van der Waals surface area (Å²) in [5.74, 6) is -4.42. The molecule has 1 aromatic carbocycles. The summed E-state index contributed by atoms with van der Waals surface area (Å²) in [5.41, 5.74) is 7.08. The first-order chi connectivity index (χ1) is 16.0. The Hall–Kier alpha value is -3.57. The van der Waals surface area contributed by atoms with Crippen LogP contribution in [0.2, 0.25) is 0 Å². The molecule has 0 aromatic heterocycles. The molecular weight excluding hydrogens is 455 g/mol. The van der Waals surface area contributed by atoms with E-state index in [4.69, 9.17) is 5.73 Å². The lowest BCUT2D eigenvalue weighted by Gasteiger charge is -2.32. The van der Waals surface area contributed by atoms with E-state index in [1.54, 1.807) is 11.0 Å². The molecule has 2 atom stereocenters. The molecule has 1 aromatic rings. The van der Waals surface area contributed by atoms with Gasteiger partial charge in [-0.25, -0.2) is 4.99 Å². The summed E-state index contributed by atoms with van der Waals surface area (Å²) in [6.07, 6.45) is -2.23. The number of benzene rings is 1. The molecule has 1 aliphatic carbocycles. The Morgan fingerprint density at radius 3 is 2.62 bits per heavy atom. The van der Waals surface area contributed by atoms with E-state index in [2.05, 4.69) is 15.3 Å². The van der Waals surface area contributed by atoms with E-state index in [0.717, 1.165) is 12.8 Å². The van der Waals surface area contributed by atoms with E-state index >= 15 is 0 Å². The molecule has 0 bridgehead atoms. The molecule has 180 valence electrons. The van der Waals surface area contributed by atoms with Crippen molar-refractivity contribution in [3.8, 4) is 0 Å². The maximum Gasteiger partial charge on any atom is 0.473 e. The Bertz CT molecular complexity index is 1130. The Morgan fingerprint density at radius 2 is 1.94 bits per heavy atom. The first kappa shape index (κ1) is 23.6. The first-order valence-corrected chi connectivity index (χ1v) is 10.8. The minimum atomic E-state index is -5.15. The lowest BCUT2D eigenvalue weighted by molar-refractivity contribution is -0.169. The zero-order valence-corrected chi connectivity index (χ0v) is 18.0. The van der Waals surface area contributed by atoms with Crippen LogP contribution in [0.15, 0.2) is 28.2 Å². The average Bonchev–Trinajstić information content (AvgIpc) is 3.36.